The number of nitrogens with one attached hydrogen (secondary N) is 2. The number of carbonyl (C=O) groups excluding carboxylic acids is 3. The van der Waals surface area contributed by atoms with E-state index in [1.54, 1.807) is 57.0 Å². The lowest BCUT2D eigenvalue weighted by molar-refractivity contribution is -0.141. The number of hydrogen-bond acceptors (Lipinski definition) is 5. The number of benzene rings is 3. The molecule has 0 heterocycles. The summed E-state index contributed by atoms with van der Waals surface area (Å²) in [7, 11) is 1.58. The number of alkyl carbamates (subject to hydrolysis) is 1. The molecule has 4 rings (SSSR count). The molecule has 8 nitrogen and oxygen atoms in total. The van der Waals surface area contributed by atoms with Gasteiger partial charge in [0.05, 0.1) is 7.11 Å². The fraction of sp³-hybridized carbons (Fsp3) is 0.364. The van der Waals surface area contributed by atoms with Gasteiger partial charge in [0.25, 0.3) is 5.91 Å². The van der Waals surface area contributed by atoms with Crippen molar-refractivity contribution in [3.05, 3.63) is 95.6 Å². The lowest BCUT2D eigenvalue weighted by Gasteiger charge is -2.35. The number of ether oxygens (including phenoxy) is 2. The Balaban J connectivity index is 1.70. The second-order valence-corrected chi connectivity index (χ2v) is 11.4. The molecule has 1 saturated carbocycles. The smallest absolute Gasteiger partial charge is 0.408 e. The highest BCUT2D eigenvalue weighted by Crippen LogP contribution is 2.36. The van der Waals surface area contributed by atoms with Crippen molar-refractivity contribution >= 4 is 23.6 Å². The first-order valence-electron chi connectivity index (χ1n) is 13.9. The molecule has 3 amide bonds. The van der Waals surface area contributed by atoms with Crippen molar-refractivity contribution in [2.24, 2.45) is 0 Å². The number of methoxy groups -OCH3 is 1. The van der Waals surface area contributed by atoms with Crippen LogP contribution in [0.25, 0.3) is 0 Å². The maximum Gasteiger partial charge on any atom is 0.408 e. The standard InChI is InChI=1S/C33H39N3O5/c1-22-10-9-13-24(20-22)29(30(37)34-25-14-18-27(40-5)19-15-25)36(26-16-17-26)31(38)28(21-23-11-7-6-8-12-23)35-32(39)41-33(2,3)4/h6-15,18-20,26,28-29H,16-17,21H2,1-5H3,(H,34,37)(H,35,39). The topological polar surface area (TPSA) is 97.0 Å². The second kappa shape index (κ2) is 12.9. The molecule has 1 fully saturated rings. The van der Waals surface area contributed by atoms with Gasteiger partial charge in [0.15, 0.2) is 0 Å². The number of carbonyl (C=O) groups is 3. The van der Waals surface area contributed by atoms with Crippen LogP contribution in [0.5, 0.6) is 5.75 Å². The minimum Gasteiger partial charge on any atom is -0.497 e. The van der Waals surface area contributed by atoms with Crippen LogP contribution < -0.4 is 15.4 Å². The molecular formula is C33H39N3O5. The van der Waals surface area contributed by atoms with Gasteiger partial charge in [-0.1, -0.05) is 60.2 Å². The van der Waals surface area contributed by atoms with E-state index in [1.807, 2.05) is 61.5 Å². The summed E-state index contributed by atoms with van der Waals surface area (Å²) in [5.74, 6) is 0.000309. The van der Waals surface area contributed by atoms with Crippen molar-refractivity contribution in [2.45, 2.75) is 70.7 Å². The highest BCUT2D eigenvalue weighted by atomic mass is 16.6. The van der Waals surface area contributed by atoms with E-state index in [0.29, 0.717) is 17.0 Å². The molecule has 0 aliphatic heterocycles. The fourth-order valence-electron chi connectivity index (χ4n) is 4.71. The van der Waals surface area contributed by atoms with Crippen LogP contribution in [0, 0.1) is 6.92 Å². The third kappa shape index (κ3) is 8.33. The molecule has 41 heavy (non-hydrogen) atoms. The molecule has 0 aromatic heterocycles. The Hall–Kier alpha value is -4.33. The Kier molecular flexibility index (Phi) is 9.32. The number of amides is 3. The van der Waals surface area contributed by atoms with E-state index < -0.39 is 23.8 Å². The van der Waals surface area contributed by atoms with Crippen molar-refractivity contribution in [2.75, 3.05) is 12.4 Å². The van der Waals surface area contributed by atoms with E-state index in [2.05, 4.69) is 10.6 Å². The van der Waals surface area contributed by atoms with Crippen LogP contribution in [0.3, 0.4) is 0 Å². The normalized spacial score (nSPS) is 14.4. The van der Waals surface area contributed by atoms with Gasteiger partial charge in [-0.15, -0.1) is 0 Å². The highest BCUT2D eigenvalue weighted by Gasteiger charge is 2.44. The summed E-state index contributed by atoms with van der Waals surface area (Å²) in [6, 6.07) is 22.2. The van der Waals surface area contributed by atoms with Gasteiger partial charge >= 0.3 is 6.09 Å². The fourth-order valence-corrected chi connectivity index (χ4v) is 4.71. The summed E-state index contributed by atoms with van der Waals surface area (Å²) in [6.45, 7) is 7.27. The van der Waals surface area contributed by atoms with Crippen LogP contribution in [-0.2, 0) is 20.7 Å². The molecule has 1 aliphatic carbocycles. The third-order valence-corrected chi connectivity index (χ3v) is 6.71. The molecule has 0 saturated heterocycles. The molecule has 216 valence electrons. The zero-order chi connectivity index (χ0) is 29.6. The van der Waals surface area contributed by atoms with Gasteiger partial charge in [-0.3, -0.25) is 9.59 Å². The molecule has 2 N–H and O–H groups in total. The van der Waals surface area contributed by atoms with Crippen LogP contribution in [-0.4, -0.2) is 47.6 Å². The van der Waals surface area contributed by atoms with Crippen molar-refractivity contribution in [1.29, 1.82) is 0 Å². The number of anilines is 1. The predicted molar refractivity (Wildman–Crippen MR) is 159 cm³/mol. The summed E-state index contributed by atoms with van der Waals surface area (Å²) in [4.78, 5) is 43.0. The molecule has 2 unspecified atom stereocenters. The van der Waals surface area contributed by atoms with Gasteiger partial charge in [0, 0.05) is 18.2 Å². The molecule has 3 aromatic carbocycles. The van der Waals surface area contributed by atoms with Crippen molar-refractivity contribution < 1.29 is 23.9 Å². The molecule has 3 aromatic rings. The summed E-state index contributed by atoms with van der Waals surface area (Å²) in [5.41, 5.74) is 2.41. The van der Waals surface area contributed by atoms with Gasteiger partial charge in [0.2, 0.25) is 5.91 Å². The first-order chi connectivity index (χ1) is 19.5. The molecule has 8 heteroatoms. The molecular weight excluding hydrogens is 518 g/mol. The summed E-state index contributed by atoms with van der Waals surface area (Å²) in [6.07, 6.45) is 1.11. The van der Waals surface area contributed by atoms with E-state index in [0.717, 1.165) is 24.0 Å². The number of aryl methyl sites for hydroxylation is 1. The number of hydrogen-bond donors (Lipinski definition) is 2. The Labute approximate surface area is 242 Å². The quantitative estimate of drug-likeness (QED) is 0.328. The molecule has 2 atom stereocenters. The predicted octanol–water partition coefficient (Wildman–Crippen LogP) is 5.81. The summed E-state index contributed by atoms with van der Waals surface area (Å²) < 4.78 is 10.7. The van der Waals surface area contributed by atoms with Gasteiger partial charge in [-0.25, -0.2) is 4.79 Å². The lowest BCUT2D eigenvalue weighted by Crippen LogP contribution is -2.54. The Morgan fingerprint density at radius 1 is 0.951 bits per heavy atom. The van der Waals surface area contributed by atoms with Crippen LogP contribution in [0.4, 0.5) is 10.5 Å². The SMILES string of the molecule is COc1ccc(NC(=O)C(c2cccc(C)c2)N(C(=O)C(Cc2ccccc2)NC(=O)OC(C)(C)C)C2CC2)cc1. The van der Waals surface area contributed by atoms with E-state index in [-0.39, 0.29) is 24.3 Å². The van der Waals surface area contributed by atoms with E-state index >= 15 is 0 Å². The van der Waals surface area contributed by atoms with Gasteiger partial charge in [-0.2, -0.15) is 0 Å². The minimum absolute atomic E-state index is 0.131. The van der Waals surface area contributed by atoms with Crippen molar-refractivity contribution in [1.82, 2.24) is 10.2 Å². The first kappa shape index (κ1) is 29.6. The monoisotopic (exact) mass is 557 g/mol. The second-order valence-electron chi connectivity index (χ2n) is 11.4. The Morgan fingerprint density at radius 3 is 2.22 bits per heavy atom. The van der Waals surface area contributed by atoms with Crippen molar-refractivity contribution in [3.8, 4) is 5.75 Å². The molecule has 0 radical (unpaired) electrons. The van der Waals surface area contributed by atoms with Gasteiger partial charge < -0.3 is 25.0 Å². The molecule has 0 spiro atoms. The van der Waals surface area contributed by atoms with Gasteiger partial charge in [0.1, 0.15) is 23.4 Å². The first-order valence-corrected chi connectivity index (χ1v) is 13.9. The highest BCUT2D eigenvalue weighted by molar-refractivity contribution is 5.99. The van der Waals surface area contributed by atoms with Crippen LogP contribution in [0.1, 0.15) is 56.3 Å². The number of rotatable bonds is 10. The van der Waals surface area contributed by atoms with Gasteiger partial charge in [-0.05, 0) is 75.9 Å². The average Bonchev–Trinajstić information content (AvgIpc) is 3.76. The van der Waals surface area contributed by atoms with Crippen LogP contribution in [0.15, 0.2) is 78.9 Å². The maximum absolute atomic E-state index is 14.4. The Morgan fingerprint density at radius 2 is 1.63 bits per heavy atom. The van der Waals surface area contributed by atoms with E-state index in [1.165, 1.54) is 0 Å². The van der Waals surface area contributed by atoms with E-state index in [9.17, 15) is 14.4 Å². The largest absolute Gasteiger partial charge is 0.497 e. The Bertz CT molecular complexity index is 1350. The average molecular weight is 558 g/mol. The summed E-state index contributed by atoms with van der Waals surface area (Å²) in [5, 5.41) is 5.80. The molecule has 0 bridgehead atoms. The van der Waals surface area contributed by atoms with E-state index in [4.69, 9.17) is 9.47 Å². The van der Waals surface area contributed by atoms with Crippen LogP contribution >= 0.6 is 0 Å². The lowest BCUT2D eigenvalue weighted by atomic mass is 9.99. The zero-order valence-corrected chi connectivity index (χ0v) is 24.3. The van der Waals surface area contributed by atoms with Crippen molar-refractivity contribution in [3.63, 3.8) is 0 Å². The zero-order valence-electron chi connectivity index (χ0n) is 24.3. The third-order valence-electron chi connectivity index (χ3n) is 6.71. The number of nitrogens with zero attached hydrogens (tertiary/aromatic N) is 1. The van der Waals surface area contributed by atoms with Crippen LogP contribution in [0.2, 0.25) is 0 Å². The minimum atomic E-state index is -0.936. The summed E-state index contributed by atoms with van der Waals surface area (Å²) >= 11 is 0. The maximum atomic E-state index is 14.4. The molecule has 1 aliphatic rings.